The number of carbonyl (C=O) groups is 2. The second kappa shape index (κ2) is 8.58. The SMILES string of the molecule is COC(=O)c1cc2nc(-c3cc4ccc5nc4n3CC/C=C\C[C@@H]3C[C@H]3C(=O)N[C@@H]5C)[nH]c2cc1F. The van der Waals surface area contributed by atoms with Crippen molar-refractivity contribution in [1.82, 2.24) is 24.8 Å². The summed E-state index contributed by atoms with van der Waals surface area (Å²) in [5, 5.41) is 4.06. The predicted octanol–water partition coefficient (Wildman–Crippen LogP) is 4.67. The number of allylic oxidation sites excluding steroid dienone is 2. The van der Waals surface area contributed by atoms with Crippen LogP contribution in [0.2, 0.25) is 0 Å². The van der Waals surface area contributed by atoms with E-state index in [-0.39, 0.29) is 23.4 Å². The van der Waals surface area contributed by atoms with Gasteiger partial charge in [0.1, 0.15) is 11.5 Å². The van der Waals surface area contributed by atoms with Gasteiger partial charge in [-0.25, -0.2) is 19.2 Å². The van der Waals surface area contributed by atoms with Crippen molar-refractivity contribution in [2.75, 3.05) is 7.11 Å². The van der Waals surface area contributed by atoms with Crippen molar-refractivity contribution in [1.29, 1.82) is 0 Å². The fraction of sp³-hybridized carbons (Fsp3) is 0.333. The second-order valence-corrected chi connectivity index (χ2v) is 9.58. The van der Waals surface area contributed by atoms with E-state index in [1.807, 2.05) is 25.1 Å². The number of hydrogen-bond donors (Lipinski definition) is 2. The molecule has 4 heterocycles. The van der Waals surface area contributed by atoms with E-state index in [9.17, 15) is 14.0 Å². The van der Waals surface area contributed by atoms with E-state index in [2.05, 4.69) is 36.7 Å². The largest absolute Gasteiger partial charge is 0.465 e. The van der Waals surface area contributed by atoms with Crippen molar-refractivity contribution in [3.8, 4) is 11.5 Å². The number of imidazole rings is 1. The molecule has 1 aliphatic carbocycles. The molecular formula is C27H26FN5O3. The van der Waals surface area contributed by atoms with Crippen molar-refractivity contribution in [2.45, 2.75) is 38.8 Å². The number of aromatic nitrogens is 4. The lowest BCUT2D eigenvalue weighted by Crippen LogP contribution is -2.29. The minimum atomic E-state index is -0.747. The highest BCUT2D eigenvalue weighted by Gasteiger charge is 2.42. The molecule has 184 valence electrons. The number of H-pyrrole nitrogens is 1. The molecule has 1 saturated carbocycles. The number of aryl methyl sites for hydroxylation is 1. The molecule has 0 radical (unpaired) electrons. The van der Waals surface area contributed by atoms with Gasteiger partial charge >= 0.3 is 5.97 Å². The monoisotopic (exact) mass is 487 g/mol. The van der Waals surface area contributed by atoms with Crippen molar-refractivity contribution >= 4 is 33.9 Å². The van der Waals surface area contributed by atoms with Gasteiger partial charge in [0.2, 0.25) is 5.91 Å². The maximum atomic E-state index is 14.5. The molecule has 9 heteroatoms. The number of benzene rings is 1. The highest BCUT2D eigenvalue weighted by molar-refractivity contribution is 5.95. The third kappa shape index (κ3) is 3.84. The molecule has 36 heavy (non-hydrogen) atoms. The Bertz CT molecular complexity index is 1550. The van der Waals surface area contributed by atoms with E-state index >= 15 is 0 Å². The van der Waals surface area contributed by atoms with E-state index in [1.165, 1.54) is 19.2 Å². The second-order valence-electron chi connectivity index (χ2n) is 9.58. The predicted molar refractivity (Wildman–Crippen MR) is 133 cm³/mol. The zero-order valence-corrected chi connectivity index (χ0v) is 20.0. The number of ether oxygens (including phenoxy) is 1. The van der Waals surface area contributed by atoms with Gasteiger partial charge in [-0.1, -0.05) is 12.2 Å². The number of hydrogen-bond acceptors (Lipinski definition) is 5. The fourth-order valence-corrected chi connectivity index (χ4v) is 5.04. The minimum absolute atomic E-state index is 0.0942. The van der Waals surface area contributed by atoms with Gasteiger partial charge in [-0.3, -0.25) is 4.79 Å². The van der Waals surface area contributed by atoms with E-state index in [0.717, 1.165) is 41.7 Å². The summed E-state index contributed by atoms with van der Waals surface area (Å²) in [6.07, 6.45) is 6.95. The summed E-state index contributed by atoms with van der Waals surface area (Å²) in [5.41, 5.74) is 3.19. The van der Waals surface area contributed by atoms with Crippen LogP contribution >= 0.6 is 0 Å². The van der Waals surface area contributed by atoms with Crippen molar-refractivity contribution < 1.29 is 18.7 Å². The summed E-state index contributed by atoms with van der Waals surface area (Å²) in [6, 6.07) is 8.39. The molecule has 1 fully saturated rings. The molecule has 8 nitrogen and oxygen atoms in total. The number of halogens is 1. The smallest absolute Gasteiger partial charge is 0.340 e. The van der Waals surface area contributed by atoms with Gasteiger partial charge in [-0.2, -0.15) is 0 Å². The lowest BCUT2D eigenvalue weighted by Gasteiger charge is -2.15. The molecule has 2 bridgehead atoms. The van der Waals surface area contributed by atoms with Crippen molar-refractivity contribution in [3.05, 3.63) is 59.6 Å². The Morgan fingerprint density at radius 1 is 1.19 bits per heavy atom. The Balaban J connectivity index is 1.45. The zero-order valence-electron chi connectivity index (χ0n) is 20.0. The molecule has 2 aliphatic rings. The fourth-order valence-electron chi connectivity index (χ4n) is 5.04. The van der Waals surface area contributed by atoms with E-state index in [4.69, 9.17) is 4.98 Å². The first-order valence-electron chi connectivity index (χ1n) is 12.2. The molecule has 0 unspecified atom stereocenters. The first kappa shape index (κ1) is 22.5. The van der Waals surface area contributed by atoms with Crippen LogP contribution < -0.4 is 5.32 Å². The van der Waals surface area contributed by atoms with Gasteiger partial charge in [0.05, 0.1) is 41.1 Å². The van der Waals surface area contributed by atoms with Crippen molar-refractivity contribution in [3.63, 3.8) is 0 Å². The van der Waals surface area contributed by atoms with Crippen LogP contribution in [0.5, 0.6) is 0 Å². The molecule has 0 saturated heterocycles. The van der Waals surface area contributed by atoms with Crippen LogP contribution in [0, 0.1) is 17.7 Å². The van der Waals surface area contributed by atoms with Gasteiger partial charge in [0.25, 0.3) is 0 Å². The third-order valence-electron chi connectivity index (χ3n) is 7.17. The Kier molecular flexibility index (Phi) is 5.35. The van der Waals surface area contributed by atoms with Crippen LogP contribution in [-0.4, -0.2) is 38.5 Å². The van der Waals surface area contributed by atoms with E-state index < -0.39 is 11.8 Å². The maximum Gasteiger partial charge on any atom is 0.340 e. The average molecular weight is 488 g/mol. The summed E-state index contributed by atoms with van der Waals surface area (Å²) in [4.78, 5) is 37.4. The number of pyridine rings is 1. The molecule has 0 spiro atoms. The molecular weight excluding hydrogens is 461 g/mol. The van der Waals surface area contributed by atoms with E-state index in [0.29, 0.717) is 29.3 Å². The maximum absolute atomic E-state index is 14.5. The standard InChI is InChI=1S/C27H26FN5O3/c1-14-20-8-7-16-11-23(24-30-21-12-18(27(35)36-2)19(28)13-22(21)31-24)33(25(16)32-20)9-5-3-4-6-15-10-17(15)26(34)29-14/h3-4,7-8,11-15,17H,5-6,9-10H2,1-2H3,(H,29,34)(H,30,31)/b4-3-/t14-,15-,17-/m1/s1. The molecule has 3 atom stereocenters. The summed E-state index contributed by atoms with van der Waals surface area (Å²) >= 11 is 0. The quantitative estimate of drug-likeness (QED) is 0.316. The van der Waals surface area contributed by atoms with Crippen LogP contribution in [0.15, 0.2) is 42.5 Å². The van der Waals surface area contributed by atoms with Crippen LogP contribution in [-0.2, 0) is 16.1 Å². The number of amides is 1. The normalized spacial score (nSPS) is 22.8. The zero-order chi connectivity index (χ0) is 25.0. The molecule has 1 aliphatic heterocycles. The van der Waals surface area contributed by atoms with E-state index in [1.54, 1.807) is 0 Å². The average Bonchev–Trinajstić information content (AvgIpc) is 3.39. The molecule has 1 amide bonds. The molecule has 1 aromatic carbocycles. The summed E-state index contributed by atoms with van der Waals surface area (Å²) in [5.74, 6) is -0.261. The lowest BCUT2D eigenvalue weighted by atomic mass is 10.1. The highest BCUT2D eigenvalue weighted by atomic mass is 19.1. The number of esters is 1. The number of methoxy groups -OCH3 is 1. The lowest BCUT2D eigenvalue weighted by molar-refractivity contribution is -0.123. The van der Waals surface area contributed by atoms with Gasteiger partial charge in [0, 0.05) is 23.9 Å². The van der Waals surface area contributed by atoms with Gasteiger partial charge < -0.3 is 19.6 Å². The van der Waals surface area contributed by atoms with Crippen LogP contribution in [0.3, 0.4) is 0 Å². The Morgan fingerprint density at radius 3 is 2.89 bits per heavy atom. The molecule has 3 aromatic heterocycles. The summed E-state index contributed by atoms with van der Waals surface area (Å²) in [7, 11) is 1.22. The van der Waals surface area contributed by atoms with Gasteiger partial charge in [-0.05, 0) is 56.4 Å². The molecule has 2 N–H and O–H groups in total. The number of aromatic amines is 1. The van der Waals surface area contributed by atoms with Crippen LogP contribution in [0.4, 0.5) is 4.39 Å². The Labute approximate surface area is 206 Å². The topological polar surface area (TPSA) is 102 Å². The number of fused-ring (bicyclic) bond motifs is 3. The molecule has 6 rings (SSSR count). The Morgan fingerprint density at radius 2 is 2.06 bits per heavy atom. The Hall–Kier alpha value is -4.01. The van der Waals surface area contributed by atoms with Crippen LogP contribution in [0.1, 0.15) is 48.3 Å². The van der Waals surface area contributed by atoms with Gasteiger partial charge in [0.15, 0.2) is 5.82 Å². The van der Waals surface area contributed by atoms with Gasteiger partial charge in [-0.15, -0.1) is 0 Å². The number of carbonyl (C=O) groups excluding carboxylic acids is 2. The number of nitrogens with one attached hydrogen (secondary N) is 2. The molecule has 4 aromatic rings. The highest BCUT2D eigenvalue weighted by Crippen LogP contribution is 2.42. The minimum Gasteiger partial charge on any atom is -0.465 e. The summed E-state index contributed by atoms with van der Waals surface area (Å²) in [6.45, 7) is 2.63. The summed E-state index contributed by atoms with van der Waals surface area (Å²) < 4.78 is 21.3. The number of nitrogens with zero attached hydrogens (tertiary/aromatic N) is 3. The third-order valence-corrected chi connectivity index (χ3v) is 7.17. The van der Waals surface area contributed by atoms with Crippen LogP contribution in [0.25, 0.3) is 33.6 Å². The first-order chi connectivity index (χ1) is 17.4. The number of rotatable bonds is 2. The van der Waals surface area contributed by atoms with Crippen molar-refractivity contribution in [2.24, 2.45) is 11.8 Å². The first-order valence-corrected chi connectivity index (χ1v) is 12.2.